The van der Waals surface area contributed by atoms with Crippen LogP contribution in [0.1, 0.15) is 62.8 Å². The molecule has 2 aromatic carbocycles. The topological polar surface area (TPSA) is 36.9 Å². The van der Waals surface area contributed by atoms with Gasteiger partial charge in [0.15, 0.2) is 23.0 Å². The molecule has 0 radical (unpaired) electrons. The maximum absolute atomic E-state index is 5.98. The molecule has 6 rings (SSSR count). The molecule has 0 unspecified atom stereocenters. The molecule has 0 amide bonds. The van der Waals surface area contributed by atoms with E-state index in [0.29, 0.717) is 26.4 Å². The summed E-state index contributed by atoms with van der Waals surface area (Å²) in [6.07, 6.45) is 2.16. The molecular weight excluding hydrogens is 364 g/mol. The molecule has 29 heavy (non-hydrogen) atoms. The monoisotopic (exact) mass is 392 g/mol. The zero-order valence-corrected chi connectivity index (χ0v) is 17.7. The Morgan fingerprint density at radius 1 is 0.517 bits per heavy atom. The molecule has 0 fully saturated rings. The lowest BCUT2D eigenvalue weighted by molar-refractivity contribution is 0.171. The van der Waals surface area contributed by atoms with E-state index >= 15 is 0 Å². The first-order valence-electron chi connectivity index (χ1n) is 10.7. The first-order valence-corrected chi connectivity index (χ1v) is 10.7. The van der Waals surface area contributed by atoms with Crippen LogP contribution in [0.25, 0.3) is 0 Å². The van der Waals surface area contributed by atoms with Gasteiger partial charge in [0.2, 0.25) is 0 Å². The average molecular weight is 392 g/mol. The second kappa shape index (κ2) is 5.41. The minimum Gasteiger partial charge on any atom is -0.486 e. The van der Waals surface area contributed by atoms with Gasteiger partial charge in [-0.1, -0.05) is 27.7 Å². The van der Waals surface area contributed by atoms with Crippen molar-refractivity contribution in [3.8, 4) is 23.0 Å². The summed E-state index contributed by atoms with van der Waals surface area (Å²) in [7, 11) is 0. The van der Waals surface area contributed by atoms with Crippen molar-refractivity contribution in [3.63, 3.8) is 0 Å². The zero-order valence-electron chi connectivity index (χ0n) is 17.7. The van der Waals surface area contributed by atoms with E-state index in [-0.39, 0.29) is 16.2 Å². The van der Waals surface area contributed by atoms with Gasteiger partial charge in [-0.05, 0) is 70.2 Å². The van der Waals surface area contributed by atoms with Gasteiger partial charge in [0, 0.05) is 5.41 Å². The lowest BCUT2D eigenvalue weighted by Crippen LogP contribution is -2.27. The fraction of sp³-hybridized carbons (Fsp3) is 0.520. The van der Waals surface area contributed by atoms with E-state index in [0.717, 1.165) is 35.8 Å². The summed E-state index contributed by atoms with van der Waals surface area (Å²) < 4.78 is 23.8. The predicted molar refractivity (Wildman–Crippen MR) is 111 cm³/mol. The van der Waals surface area contributed by atoms with Crippen LogP contribution in [0.5, 0.6) is 23.0 Å². The summed E-state index contributed by atoms with van der Waals surface area (Å²) in [5.74, 6) is 3.55. The number of fused-ring (bicyclic) bond motifs is 6. The highest BCUT2D eigenvalue weighted by molar-refractivity contribution is 5.66. The molecule has 0 saturated heterocycles. The Labute approximate surface area is 172 Å². The van der Waals surface area contributed by atoms with Gasteiger partial charge in [-0.3, -0.25) is 0 Å². The molecule has 0 aromatic heterocycles. The highest BCUT2D eigenvalue weighted by Crippen LogP contribution is 2.65. The van der Waals surface area contributed by atoms with E-state index in [4.69, 9.17) is 18.9 Å². The molecule has 0 atom stereocenters. The van der Waals surface area contributed by atoms with Crippen LogP contribution in [-0.2, 0) is 16.2 Å². The summed E-state index contributed by atoms with van der Waals surface area (Å²) in [5, 5.41) is 0. The second-order valence-corrected chi connectivity index (χ2v) is 10.3. The number of hydrogen-bond donors (Lipinski definition) is 0. The maximum atomic E-state index is 5.98. The van der Waals surface area contributed by atoms with Gasteiger partial charge in [-0.25, -0.2) is 0 Å². The Bertz CT molecular complexity index is 950. The third-order valence-electron chi connectivity index (χ3n) is 7.34. The van der Waals surface area contributed by atoms with E-state index in [1.807, 2.05) is 0 Å². The van der Waals surface area contributed by atoms with Crippen LogP contribution < -0.4 is 18.9 Å². The Morgan fingerprint density at radius 2 is 0.828 bits per heavy atom. The standard InChI is InChI=1S/C25H28O4/c1-23(2)13-25(17-11-21-19(9-15(17)23)26-5-7-28-21)14-24(3,4)16-10-20-22(12-18(16)25)29-8-6-27-20/h9-12H,5-8,13-14H2,1-4H3. The fourth-order valence-corrected chi connectivity index (χ4v) is 6.38. The lowest BCUT2D eigenvalue weighted by Gasteiger charge is -2.31. The maximum Gasteiger partial charge on any atom is 0.161 e. The molecule has 152 valence electrons. The lowest BCUT2D eigenvalue weighted by atomic mass is 9.72. The van der Waals surface area contributed by atoms with E-state index in [1.54, 1.807) is 0 Å². The number of ether oxygens (including phenoxy) is 4. The largest absolute Gasteiger partial charge is 0.486 e. The van der Waals surface area contributed by atoms with E-state index < -0.39 is 0 Å². The van der Waals surface area contributed by atoms with Gasteiger partial charge in [0.1, 0.15) is 26.4 Å². The first-order chi connectivity index (χ1) is 13.8. The highest BCUT2D eigenvalue weighted by Gasteiger charge is 2.57. The van der Waals surface area contributed by atoms with Crippen LogP contribution >= 0.6 is 0 Å². The third kappa shape index (κ3) is 2.26. The quantitative estimate of drug-likeness (QED) is 0.640. The fourth-order valence-electron chi connectivity index (χ4n) is 6.38. The van der Waals surface area contributed by atoms with Gasteiger partial charge in [0.05, 0.1) is 0 Å². The minimum atomic E-state index is -0.0384. The van der Waals surface area contributed by atoms with Crippen LogP contribution in [-0.4, -0.2) is 26.4 Å². The SMILES string of the molecule is CC1(C)CC2(CC(C)(C)c3cc4c(cc32)OCCO4)c2cc3c(cc21)OCCO3. The Hall–Kier alpha value is -2.36. The normalized spacial score (nSPS) is 23.6. The predicted octanol–water partition coefficient (Wildman–Crippen LogP) is 4.88. The van der Waals surface area contributed by atoms with Crippen LogP contribution in [0.4, 0.5) is 0 Å². The van der Waals surface area contributed by atoms with Crippen molar-refractivity contribution >= 4 is 0 Å². The van der Waals surface area contributed by atoms with E-state index in [1.165, 1.54) is 22.3 Å². The molecule has 0 saturated carbocycles. The van der Waals surface area contributed by atoms with Crippen LogP contribution in [0, 0.1) is 0 Å². The van der Waals surface area contributed by atoms with Gasteiger partial charge in [0.25, 0.3) is 0 Å². The zero-order chi connectivity index (χ0) is 20.0. The molecule has 2 aromatic rings. The molecule has 2 heterocycles. The van der Waals surface area contributed by atoms with Crippen molar-refractivity contribution in [1.82, 2.24) is 0 Å². The Morgan fingerprint density at radius 3 is 1.17 bits per heavy atom. The van der Waals surface area contributed by atoms with Crippen molar-refractivity contribution < 1.29 is 18.9 Å². The first kappa shape index (κ1) is 17.5. The summed E-state index contributed by atoms with van der Waals surface area (Å²) in [5.41, 5.74) is 5.67. The summed E-state index contributed by atoms with van der Waals surface area (Å²) >= 11 is 0. The van der Waals surface area contributed by atoms with Gasteiger partial charge >= 0.3 is 0 Å². The Balaban J connectivity index is 1.62. The number of hydrogen-bond acceptors (Lipinski definition) is 4. The molecule has 2 aliphatic heterocycles. The molecule has 4 nitrogen and oxygen atoms in total. The molecule has 2 aliphatic carbocycles. The van der Waals surface area contributed by atoms with Gasteiger partial charge < -0.3 is 18.9 Å². The number of benzene rings is 2. The molecule has 0 bridgehead atoms. The molecule has 1 spiro atoms. The highest BCUT2D eigenvalue weighted by atomic mass is 16.6. The van der Waals surface area contributed by atoms with Gasteiger partial charge in [-0.2, -0.15) is 0 Å². The number of rotatable bonds is 0. The third-order valence-corrected chi connectivity index (χ3v) is 7.34. The molecule has 0 N–H and O–H groups in total. The van der Waals surface area contributed by atoms with Crippen molar-refractivity contribution in [2.45, 2.75) is 56.8 Å². The van der Waals surface area contributed by atoms with Gasteiger partial charge in [-0.15, -0.1) is 0 Å². The van der Waals surface area contributed by atoms with Crippen LogP contribution in [0.15, 0.2) is 24.3 Å². The van der Waals surface area contributed by atoms with Crippen LogP contribution in [0.3, 0.4) is 0 Å². The van der Waals surface area contributed by atoms with Crippen molar-refractivity contribution in [2.75, 3.05) is 26.4 Å². The van der Waals surface area contributed by atoms with Crippen molar-refractivity contribution in [1.29, 1.82) is 0 Å². The van der Waals surface area contributed by atoms with E-state index in [2.05, 4.69) is 52.0 Å². The molecule has 4 heteroatoms. The van der Waals surface area contributed by atoms with E-state index in [9.17, 15) is 0 Å². The second-order valence-electron chi connectivity index (χ2n) is 10.3. The van der Waals surface area contributed by atoms with Crippen molar-refractivity contribution in [3.05, 3.63) is 46.5 Å². The average Bonchev–Trinajstić information content (AvgIpc) is 3.05. The Kier molecular flexibility index (Phi) is 3.26. The molecular formula is C25H28O4. The molecule has 4 aliphatic rings. The van der Waals surface area contributed by atoms with Crippen molar-refractivity contribution in [2.24, 2.45) is 0 Å². The minimum absolute atomic E-state index is 0.0384. The van der Waals surface area contributed by atoms with Crippen LogP contribution in [0.2, 0.25) is 0 Å². The summed E-state index contributed by atoms with van der Waals surface area (Å²) in [6.45, 7) is 11.9. The summed E-state index contributed by atoms with van der Waals surface area (Å²) in [4.78, 5) is 0. The summed E-state index contributed by atoms with van der Waals surface area (Å²) in [6, 6.07) is 9.00. The smallest absolute Gasteiger partial charge is 0.161 e.